The Kier molecular flexibility index (Phi) is 6.91. The van der Waals surface area contributed by atoms with Gasteiger partial charge in [-0.05, 0) is 104 Å². The molecule has 9 nitrogen and oxygen atoms in total. The predicted octanol–water partition coefficient (Wildman–Crippen LogP) is 2.95. The van der Waals surface area contributed by atoms with Gasteiger partial charge in [-0.3, -0.25) is 4.79 Å². The number of halogens is 3. The van der Waals surface area contributed by atoms with Gasteiger partial charge in [0.05, 0.1) is 29.1 Å². The fraction of sp³-hybridized carbons (Fsp3) is 0.333. The lowest BCUT2D eigenvalue weighted by molar-refractivity contribution is -0.143. The first-order chi connectivity index (χ1) is 16.0. The molecular formula is C21H14I3O9S-. The van der Waals surface area contributed by atoms with Gasteiger partial charge in [0.1, 0.15) is 28.1 Å². The van der Waals surface area contributed by atoms with E-state index in [2.05, 4.69) is 67.8 Å². The third-order valence-corrected chi connectivity index (χ3v) is 10.6. The van der Waals surface area contributed by atoms with Gasteiger partial charge in [-0.25, -0.2) is 13.2 Å². The lowest BCUT2D eigenvalue weighted by Gasteiger charge is -2.28. The Labute approximate surface area is 235 Å². The van der Waals surface area contributed by atoms with Crippen LogP contribution in [0.3, 0.4) is 0 Å². The van der Waals surface area contributed by atoms with Crippen LogP contribution in [-0.2, 0) is 29.1 Å². The number of hydrogen-bond donors (Lipinski definition) is 0. The quantitative estimate of drug-likeness (QED) is 0.147. The summed E-state index contributed by atoms with van der Waals surface area (Å²) in [5, 5.41) is 0. The molecule has 0 amide bonds. The molecule has 0 N–H and O–H groups in total. The molecule has 0 radical (unpaired) electrons. The van der Waals surface area contributed by atoms with E-state index in [0.29, 0.717) is 5.56 Å². The second-order valence-corrected chi connectivity index (χ2v) is 12.9. The van der Waals surface area contributed by atoms with Crippen molar-refractivity contribution in [2.24, 2.45) is 11.8 Å². The van der Waals surface area contributed by atoms with Gasteiger partial charge in [0, 0.05) is 16.6 Å². The van der Waals surface area contributed by atoms with Crippen molar-refractivity contribution in [1.82, 2.24) is 0 Å². The molecule has 0 spiro atoms. The Morgan fingerprint density at radius 3 is 2.41 bits per heavy atom. The summed E-state index contributed by atoms with van der Waals surface area (Å²) in [5.74, 6) is -1.99. The number of hydrogen-bond acceptors (Lipinski definition) is 9. The molecule has 3 heterocycles. The maximum Gasteiger partial charge on any atom is 0.339 e. The van der Waals surface area contributed by atoms with Crippen molar-refractivity contribution in [3.05, 3.63) is 52.7 Å². The van der Waals surface area contributed by atoms with Crippen molar-refractivity contribution < 1.29 is 41.5 Å². The number of ether oxygens (including phenoxy) is 4. The van der Waals surface area contributed by atoms with Crippen LogP contribution in [-0.4, -0.2) is 55.9 Å². The van der Waals surface area contributed by atoms with E-state index >= 15 is 0 Å². The van der Waals surface area contributed by atoms with Crippen LogP contribution in [0.4, 0.5) is 0 Å². The smallest absolute Gasteiger partial charge is 0.339 e. The van der Waals surface area contributed by atoms with Gasteiger partial charge in [-0.1, -0.05) is 0 Å². The largest absolute Gasteiger partial charge is 0.744 e. The minimum absolute atomic E-state index is 0.0900. The summed E-state index contributed by atoms with van der Waals surface area (Å²) in [6.07, 6.45) is -2.33. The SMILES string of the molecule is O=C(OC1C2OCC3C2OC1C3C(=O)Oc1ccc(S(=O)(=O)[O-])cc1)c1cc(I)cc(I)c1I. The van der Waals surface area contributed by atoms with Crippen LogP contribution in [0.2, 0.25) is 0 Å². The van der Waals surface area contributed by atoms with E-state index in [9.17, 15) is 22.6 Å². The molecule has 5 rings (SSSR count). The maximum absolute atomic E-state index is 13.0. The van der Waals surface area contributed by atoms with E-state index in [4.69, 9.17) is 18.9 Å². The highest BCUT2D eigenvalue weighted by atomic mass is 127. The summed E-state index contributed by atoms with van der Waals surface area (Å²) >= 11 is 6.39. The number of esters is 2. The van der Waals surface area contributed by atoms with E-state index in [1.54, 1.807) is 6.07 Å². The molecule has 2 bridgehead atoms. The van der Waals surface area contributed by atoms with Crippen LogP contribution in [0.25, 0.3) is 0 Å². The molecule has 6 unspecified atom stereocenters. The molecule has 2 aromatic rings. The van der Waals surface area contributed by atoms with Gasteiger partial charge in [0.2, 0.25) is 0 Å². The third kappa shape index (κ3) is 4.49. The Balaban J connectivity index is 1.34. The molecule has 13 heteroatoms. The zero-order valence-corrected chi connectivity index (χ0v) is 24.1. The Hall–Kier alpha value is -0.600. The third-order valence-electron chi connectivity index (χ3n) is 6.06. The summed E-state index contributed by atoms with van der Waals surface area (Å²) < 4.78 is 59.0. The summed E-state index contributed by atoms with van der Waals surface area (Å²) in [5.41, 5.74) is 0.432. The lowest BCUT2D eigenvalue weighted by atomic mass is 9.79. The molecule has 0 aliphatic carbocycles. The first kappa shape index (κ1) is 25.1. The minimum atomic E-state index is -4.61. The molecule has 3 fully saturated rings. The zero-order chi connectivity index (χ0) is 24.4. The van der Waals surface area contributed by atoms with Crippen LogP contribution in [0.1, 0.15) is 10.4 Å². The molecule has 6 atom stereocenters. The highest BCUT2D eigenvalue weighted by molar-refractivity contribution is 14.1. The Morgan fingerprint density at radius 2 is 1.74 bits per heavy atom. The predicted molar refractivity (Wildman–Crippen MR) is 139 cm³/mol. The molecule has 3 aliphatic heterocycles. The average Bonchev–Trinajstić information content (AvgIpc) is 3.39. The van der Waals surface area contributed by atoms with Crippen LogP contribution in [0, 0.1) is 22.5 Å². The van der Waals surface area contributed by atoms with Crippen molar-refractivity contribution in [2.75, 3.05) is 6.61 Å². The van der Waals surface area contributed by atoms with Crippen LogP contribution in [0.15, 0.2) is 41.3 Å². The number of carbonyl (C=O) groups excluding carboxylic acids is 2. The number of rotatable bonds is 5. The summed E-state index contributed by atoms with van der Waals surface area (Å²) in [7, 11) is -4.61. The molecule has 2 aromatic carbocycles. The van der Waals surface area contributed by atoms with E-state index in [1.807, 2.05) is 6.07 Å². The van der Waals surface area contributed by atoms with Crippen molar-refractivity contribution in [3.63, 3.8) is 0 Å². The monoisotopic (exact) mass is 823 g/mol. The van der Waals surface area contributed by atoms with Crippen LogP contribution < -0.4 is 4.74 Å². The normalized spacial score (nSPS) is 29.3. The Bertz CT molecular complexity index is 1280. The number of benzene rings is 2. The molecule has 3 saturated heterocycles. The topological polar surface area (TPSA) is 128 Å². The standard InChI is InChI=1S/C21H15I3O9S/c22-8-5-11(15(24)13(23)6-8)20(25)33-19-17-14(12-7-30-18(19)16(12)32-17)21(26)31-9-1-3-10(4-2-9)34(27,28)29/h1-6,12,14,16-19H,7H2,(H,27,28,29)/p-1. The van der Waals surface area contributed by atoms with Gasteiger partial charge in [0.25, 0.3) is 0 Å². The highest BCUT2D eigenvalue weighted by Crippen LogP contribution is 2.51. The first-order valence-electron chi connectivity index (χ1n) is 9.95. The van der Waals surface area contributed by atoms with Gasteiger partial charge in [0.15, 0.2) is 6.10 Å². The zero-order valence-electron chi connectivity index (χ0n) is 16.9. The van der Waals surface area contributed by atoms with E-state index in [0.717, 1.165) is 22.8 Å². The van der Waals surface area contributed by atoms with Crippen LogP contribution in [0.5, 0.6) is 5.75 Å². The number of carbonyl (C=O) groups is 2. The highest BCUT2D eigenvalue weighted by Gasteiger charge is 2.68. The second-order valence-electron chi connectivity index (χ2n) is 8.02. The first-order valence-corrected chi connectivity index (χ1v) is 14.6. The van der Waals surface area contributed by atoms with Gasteiger partial charge >= 0.3 is 11.9 Å². The van der Waals surface area contributed by atoms with E-state index in [-0.39, 0.29) is 24.4 Å². The van der Waals surface area contributed by atoms with Crippen LogP contribution >= 0.6 is 67.8 Å². The van der Waals surface area contributed by atoms with Crippen molar-refractivity contribution in [1.29, 1.82) is 0 Å². The molecular weight excluding hydrogens is 809 g/mol. The van der Waals surface area contributed by atoms with Crippen molar-refractivity contribution >= 4 is 89.8 Å². The van der Waals surface area contributed by atoms with E-state index in [1.165, 1.54) is 12.1 Å². The minimum Gasteiger partial charge on any atom is -0.744 e. The average molecular weight is 823 g/mol. The fourth-order valence-electron chi connectivity index (χ4n) is 4.60. The second kappa shape index (κ2) is 9.37. The lowest BCUT2D eigenvalue weighted by Crippen LogP contribution is -2.48. The molecule has 34 heavy (non-hydrogen) atoms. The van der Waals surface area contributed by atoms with Crippen molar-refractivity contribution in [2.45, 2.75) is 29.3 Å². The van der Waals surface area contributed by atoms with Crippen molar-refractivity contribution in [3.8, 4) is 5.75 Å². The Morgan fingerprint density at radius 1 is 1.03 bits per heavy atom. The molecule has 0 saturated carbocycles. The van der Waals surface area contributed by atoms with Gasteiger partial charge in [-0.2, -0.15) is 0 Å². The van der Waals surface area contributed by atoms with Gasteiger partial charge in [-0.15, -0.1) is 0 Å². The molecule has 0 aromatic heterocycles. The number of fused-ring (bicyclic) bond motifs is 1. The van der Waals surface area contributed by atoms with Gasteiger partial charge < -0.3 is 23.5 Å². The maximum atomic E-state index is 13.0. The molecule has 180 valence electrons. The summed E-state index contributed by atoms with van der Waals surface area (Å²) in [4.78, 5) is 25.6. The van der Waals surface area contributed by atoms with E-state index < -0.39 is 51.2 Å². The fourth-order valence-corrected chi connectivity index (χ4v) is 7.44. The summed E-state index contributed by atoms with van der Waals surface area (Å²) in [6, 6.07) is 8.33. The molecule has 3 aliphatic rings. The summed E-state index contributed by atoms with van der Waals surface area (Å²) in [6.45, 7) is 0.270.